The van der Waals surface area contributed by atoms with E-state index in [2.05, 4.69) is 10.6 Å². The Balaban J connectivity index is 0.820. The Hall–Kier alpha value is -6.03. The fraction of sp³-hybridized carbons (Fsp3) is 0.429. The van der Waals surface area contributed by atoms with Crippen LogP contribution in [0.2, 0.25) is 0 Å². The third kappa shape index (κ3) is 10.2. The molecular formula is C42H44F3N5O10. The minimum absolute atomic E-state index is 0.0425. The number of carbonyl (C=O) groups excluding carboxylic acids is 5. The highest BCUT2D eigenvalue weighted by molar-refractivity contribution is 6.25. The number of nitrogens with zero attached hydrogens (tertiary/aromatic N) is 3. The van der Waals surface area contributed by atoms with Gasteiger partial charge in [-0.15, -0.1) is 0 Å². The lowest BCUT2D eigenvalue weighted by molar-refractivity contribution is -0.138. The van der Waals surface area contributed by atoms with Crippen LogP contribution in [0.4, 0.5) is 18.9 Å². The number of alkyl halides is 3. The highest BCUT2D eigenvalue weighted by Crippen LogP contribution is 2.38. The number of ether oxygens (including phenoxy) is 5. The lowest BCUT2D eigenvalue weighted by Crippen LogP contribution is -2.54. The second-order valence-electron chi connectivity index (χ2n) is 14.9. The van der Waals surface area contributed by atoms with Gasteiger partial charge in [0, 0.05) is 37.2 Å². The van der Waals surface area contributed by atoms with E-state index in [0.717, 1.165) is 22.6 Å². The van der Waals surface area contributed by atoms with E-state index in [-0.39, 0.29) is 48.8 Å². The van der Waals surface area contributed by atoms with E-state index in [1.54, 1.807) is 29.2 Å². The number of piperidine rings is 1. The van der Waals surface area contributed by atoms with Gasteiger partial charge in [-0.05, 0) is 54.4 Å². The van der Waals surface area contributed by atoms with Crippen LogP contribution in [-0.4, -0.2) is 111 Å². The first-order chi connectivity index (χ1) is 28.7. The molecule has 2 N–H and O–H groups in total. The van der Waals surface area contributed by atoms with Crippen LogP contribution in [0.25, 0.3) is 0 Å². The van der Waals surface area contributed by atoms with Crippen molar-refractivity contribution in [1.82, 2.24) is 15.1 Å². The smallest absolute Gasteiger partial charge is 0.417 e. The standard InChI is InChI=1S/C42H44F3N5O10/c1-41(2)25-49(40(55)36(41)60-29-11-8-27(23-46)31(22-29)42(43,44)45)24-26-6-9-28(10-7-26)59-21-20-58-19-18-57-17-16-56-15-14-47-32-5-3-4-30-35(32)39(54)50(38(30)53)33-12-13-34(51)48-37(33)52/h3-11,22,33,36,47H,12-21,24-25H2,1-2H3,(H,48,51,52). The molecule has 5 amide bonds. The Morgan fingerprint density at radius 2 is 1.53 bits per heavy atom. The number of benzene rings is 3. The number of amides is 5. The summed E-state index contributed by atoms with van der Waals surface area (Å²) in [5.41, 5.74) is -0.698. The molecule has 3 aromatic rings. The molecule has 0 saturated carbocycles. The van der Waals surface area contributed by atoms with Gasteiger partial charge >= 0.3 is 6.18 Å². The van der Waals surface area contributed by atoms with Gasteiger partial charge in [-0.2, -0.15) is 18.4 Å². The summed E-state index contributed by atoms with van der Waals surface area (Å²) >= 11 is 0. The van der Waals surface area contributed by atoms with Crippen molar-refractivity contribution in [2.75, 3.05) is 64.7 Å². The van der Waals surface area contributed by atoms with Crippen LogP contribution < -0.4 is 20.1 Å². The Morgan fingerprint density at radius 1 is 0.867 bits per heavy atom. The van der Waals surface area contributed by atoms with Crippen molar-refractivity contribution in [2.24, 2.45) is 5.41 Å². The predicted molar refractivity (Wildman–Crippen MR) is 206 cm³/mol. The zero-order valence-electron chi connectivity index (χ0n) is 33.0. The number of hydrogen-bond acceptors (Lipinski definition) is 12. The van der Waals surface area contributed by atoms with E-state index in [1.165, 1.54) is 18.2 Å². The van der Waals surface area contributed by atoms with Crippen molar-refractivity contribution >= 4 is 35.2 Å². The van der Waals surface area contributed by atoms with E-state index >= 15 is 0 Å². The molecule has 2 saturated heterocycles. The summed E-state index contributed by atoms with van der Waals surface area (Å²) in [5, 5.41) is 14.4. The summed E-state index contributed by atoms with van der Waals surface area (Å²) < 4.78 is 68.7. The average Bonchev–Trinajstić information content (AvgIpc) is 3.59. The molecule has 3 aliphatic heterocycles. The van der Waals surface area contributed by atoms with Gasteiger partial charge in [-0.3, -0.25) is 34.2 Å². The maximum Gasteiger partial charge on any atom is 0.417 e. The van der Waals surface area contributed by atoms with E-state index in [4.69, 9.17) is 28.9 Å². The molecule has 0 bridgehead atoms. The number of nitrogens with one attached hydrogen (secondary N) is 2. The van der Waals surface area contributed by atoms with Gasteiger partial charge in [-0.25, -0.2) is 0 Å². The van der Waals surface area contributed by atoms with Crippen LogP contribution in [-0.2, 0) is 41.3 Å². The topological polar surface area (TPSA) is 186 Å². The van der Waals surface area contributed by atoms with Crippen LogP contribution in [0.5, 0.6) is 11.5 Å². The minimum Gasteiger partial charge on any atom is -0.491 e. The quantitative estimate of drug-likeness (QED) is 0.129. The molecule has 0 aromatic heterocycles. The van der Waals surface area contributed by atoms with Crippen LogP contribution >= 0.6 is 0 Å². The molecule has 18 heteroatoms. The number of anilines is 1. The summed E-state index contributed by atoms with van der Waals surface area (Å²) in [7, 11) is 0. The van der Waals surface area contributed by atoms with Gasteiger partial charge in [0.05, 0.1) is 68.0 Å². The number of hydrogen-bond donors (Lipinski definition) is 2. The molecule has 2 fully saturated rings. The Kier molecular flexibility index (Phi) is 13.7. The molecule has 0 aliphatic carbocycles. The number of nitriles is 1. The SMILES string of the molecule is CC1(C)CN(Cc2ccc(OCCOCCOCCOCCNc3cccc4c3C(=O)N(C3CCC(=O)NC3=O)C4=O)cc2)C(=O)C1Oc1ccc(C#N)c(C(F)(F)F)c1. The highest BCUT2D eigenvalue weighted by atomic mass is 19.4. The Bertz CT molecular complexity index is 2140. The molecule has 15 nitrogen and oxygen atoms in total. The minimum atomic E-state index is -4.75. The third-order valence-electron chi connectivity index (χ3n) is 10.1. The van der Waals surface area contributed by atoms with Crippen molar-refractivity contribution in [3.8, 4) is 17.6 Å². The fourth-order valence-electron chi connectivity index (χ4n) is 7.15. The maximum atomic E-state index is 13.5. The van der Waals surface area contributed by atoms with Crippen LogP contribution in [0, 0.1) is 16.7 Å². The number of halogens is 3. The number of imide groups is 2. The number of fused-ring (bicyclic) bond motifs is 1. The summed E-state index contributed by atoms with van der Waals surface area (Å²) in [6.07, 6.45) is -5.64. The van der Waals surface area contributed by atoms with Gasteiger partial charge in [-0.1, -0.05) is 32.0 Å². The zero-order valence-corrected chi connectivity index (χ0v) is 33.0. The second kappa shape index (κ2) is 18.9. The van der Waals surface area contributed by atoms with Crippen molar-refractivity contribution in [3.63, 3.8) is 0 Å². The van der Waals surface area contributed by atoms with Crippen LogP contribution in [0.3, 0.4) is 0 Å². The third-order valence-corrected chi connectivity index (χ3v) is 10.1. The van der Waals surface area contributed by atoms with Gasteiger partial charge in [0.25, 0.3) is 17.7 Å². The molecule has 3 aliphatic rings. The molecule has 6 rings (SSSR count). The van der Waals surface area contributed by atoms with Crippen LogP contribution in [0.1, 0.15) is 64.1 Å². The number of likely N-dealkylation sites (tertiary alicyclic amines) is 1. The normalized spacial score (nSPS) is 18.7. The number of carbonyl (C=O) groups is 5. The lowest BCUT2D eigenvalue weighted by atomic mass is 9.89. The molecule has 318 valence electrons. The molecule has 3 aromatic carbocycles. The van der Waals surface area contributed by atoms with Crippen molar-refractivity contribution in [1.29, 1.82) is 5.26 Å². The van der Waals surface area contributed by atoms with Crippen molar-refractivity contribution in [3.05, 3.63) is 88.5 Å². The van der Waals surface area contributed by atoms with Gasteiger partial charge in [0.15, 0.2) is 6.10 Å². The summed E-state index contributed by atoms with van der Waals surface area (Å²) in [6, 6.07) is 15.6. The van der Waals surface area contributed by atoms with Gasteiger partial charge in [0.1, 0.15) is 24.1 Å². The molecule has 2 unspecified atom stereocenters. The molecule has 0 spiro atoms. The van der Waals surface area contributed by atoms with Crippen LogP contribution in [0.15, 0.2) is 60.7 Å². The summed E-state index contributed by atoms with van der Waals surface area (Å²) in [6.45, 7) is 6.78. The number of rotatable bonds is 19. The first-order valence-electron chi connectivity index (χ1n) is 19.3. The van der Waals surface area contributed by atoms with E-state index in [0.29, 0.717) is 64.2 Å². The lowest BCUT2D eigenvalue weighted by Gasteiger charge is -2.27. The van der Waals surface area contributed by atoms with Gasteiger partial charge < -0.3 is 33.9 Å². The molecule has 0 radical (unpaired) electrons. The Morgan fingerprint density at radius 3 is 2.20 bits per heavy atom. The largest absolute Gasteiger partial charge is 0.491 e. The zero-order chi connectivity index (χ0) is 43.0. The summed E-state index contributed by atoms with van der Waals surface area (Å²) in [4.78, 5) is 65.9. The monoisotopic (exact) mass is 835 g/mol. The highest BCUT2D eigenvalue weighted by Gasteiger charge is 2.49. The molecule has 3 heterocycles. The second-order valence-corrected chi connectivity index (χ2v) is 14.9. The fourth-order valence-corrected chi connectivity index (χ4v) is 7.15. The van der Waals surface area contributed by atoms with Crippen molar-refractivity contribution < 1.29 is 60.8 Å². The van der Waals surface area contributed by atoms with E-state index < -0.39 is 58.5 Å². The average molecular weight is 836 g/mol. The Labute approximate surface area is 343 Å². The predicted octanol–water partition coefficient (Wildman–Crippen LogP) is 4.33. The summed E-state index contributed by atoms with van der Waals surface area (Å²) in [5.74, 6) is -2.15. The first-order valence-corrected chi connectivity index (χ1v) is 19.3. The van der Waals surface area contributed by atoms with Gasteiger partial charge in [0.2, 0.25) is 11.8 Å². The maximum absolute atomic E-state index is 13.5. The van der Waals surface area contributed by atoms with Crippen molar-refractivity contribution in [2.45, 2.75) is 51.6 Å². The van der Waals surface area contributed by atoms with E-state index in [1.807, 2.05) is 26.0 Å². The molecule has 60 heavy (non-hydrogen) atoms. The molecule has 2 atom stereocenters. The van der Waals surface area contributed by atoms with E-state index in [9.17, 15) is 37.1 Å². The first kappa shape index (κ1) is 43.5. The molecular weight excluding hydrogens is 791 g/mol.